The predicted molar refractivity (Wildman–Crippen MR) is 119 cm³/mol. The summed E-state index contributed by atoms with van der Waals surface area (Å²) in [7, 11) is 0. The first-order chi connectivity index (χ1) is 14.6. The van der Waals surface area contributed by atoms with Crippen molar-refractivity contribution in [1.82, 2.24) is 19.9 Å². The maximum atomic E-state index is 12.9. The van der Waals surface area contributed by atoms with Crippen molar-refractivity contribution in [3.05, 3.63) is 65.0 Å². The van der Waals surface area contributed by atoms with Crippen LogP contribution in [-0.4, -0.2) is 20.4 Å². The van der Waals surface area contributed by atoms with Gasteiger partial charge in [0.1, 0.15) is 0 Å². The van der Waals surface area contributed by atoms with Crippen LogP contribution in [0.4, 0.5) is 5.95 Å². The molecule has 3 N–H and O–H groups in total. The molecule has 4 aromatic rings. The molecule has 1 aliphatic carbocycles. The highest BCUT2D eigenvalue weighted by Crippen LogP contribution is 2.32. The topological polar surface area (TPSA) is 85.8 Å². The lowest BCUT2D eigenvalue weighted by atomic mass is 9.95. The van der Waals surface area contributed by atoms with Crippen molar-refractivity contribution in [3.8, 4) is 0 Å². The van der Waals surface area contributed by atoms with E-state index in [4.69, 9.17) is 5.73 Å². The summed E-state index contributed by atoms with van der Waals surface area (Å²) < 4.78 is 2.41. The van der Waals surface area contributed by atoms with Crippen LogP contribution in [-0.2, 0) is 25.9 Å². The molecule has 2 aromatic heterocycles. The number of hydrogen-bond donors (Lipinski definition) is 2. The third kappa shape index (κ3) is 3.18. The molecule has 0 radical (unpaired) electrons. The lowest BCUT2D eigenvalue weighted by molar-refractivity contribution is 0.0951. The van der Waals surface area contributed by atoms with Crippen molar-refractivity contribution < 1.29 is 4.79 Å². The summed E-state index contributed by atoms with van der Waals surface area (Å²) in [6.07, 6.45) is 6.42. The van der Waals surface area contributed by atoms with E-state index in [1.807, 2.05) is 24.3 Å². The fraction of sp³-hybridized carbons (Fsp3) is 0.292. The number of hydrogen-bond acceptors (Lipinski definition) is 4. The summed E-state index contributed by atoms with van der Waals surface area (Å²) in [5, 5.41) is 5.19. The molecule has 0 bridgehead atoms. The highest BCUT2D eigenvalue weighted by Gasteiger charge is 2.20. The van der Waals surface area contributed by atoms with Gasteiger partial charge in [-0.05, 0) is 74.1 Å². The first-order valence-corrected chi connectivity index (χ1v) is 10.6. The van der Waals surface area contributed by atoms with Gasteiger partial charge in [-0.3, -0.25) is 4.79 Å². The van der Waals surface area contributed by atoms with Gasteiger partial charge < -0.3 is 15.6 Å². The Balaban J connectivity index is 1.39. The van der Waals surface area contributed by atoms with Gasteiger partial charge in [-0.15, -0.1) is 0 Å². The Bertz CT molecular complexity index is 1270. The van der Waals surface area contributed by atoms with Crippen molar-refractivity contribution in [2.75, 3.05) is 5.73 Å². The first-order valence-electron chi connectivity index (χ1n) is 10.6. The predicted octanol–water partition coefficient (Wildman–Crippen LogP) is 4.00. The van der Waals surface area contributed by atoms with E-state index in [2.05, 4.69) is 38.9 Å². The van der Waals surface area contributed by atoms with Crippen LogP contribution in [0.15, 0.2) is 42.6 Å². The fourth-order valence-electron chi connectivity index (χ4n) is 4.63. The molecule has 0 saturated carbocycles. The molecule has 0 saturated heterocycles. The summed E-state index contributed by atoms with van der Waals surface area (Å²) in [5.74, 6) is 0.206. The Labute approximate surface area is 175 Å². The minimum Gasteiger partial charge on any atom is -0.368 e. The third-order valence-electron chi connectivity index (χ3n) is 6.07. The average Bonchev–Trinajstić information content (AvgIpc) is 3.10. The van der Waals surface area contributed by atoms with Crippen LogP contribution >= 0.6 is 0 Å². The molecule has 5 rings (SSSR count). The summed E-state index contributed by atoms with van der Waals surface area (Å²) >= 11 is 0. The Morgan fingerprint density at radius 1 is 1.17 bits per heavy atom. The van der Waals surface area contributed by atoms with Crippen LogP contribution in [0.3, 0.4) is 0 Å². The standard InChI is InChI=1S/C24H25N5O/c1-2-29-21-6-4-3-5-18(21)19-12-16(8-10-22(19)29)23(30)26-13-15-7-9-20-17(11-15)14-27-24(25)28-20/h7-12,14H,2-6,13H2,1H3,(H,26,30)(H2,25,27,28). The largest absolute Gasteiger partial charge is 0.368 e. The smallest absolute Gasteiger partial charge is 0.251 e. The minimum atomic E-state index is -0.0561. The number of fused-ring (bicyclic) bond motifs is 4. The van der Waals surface area contributed by atoms with E-state index < -0.39 is 0 Å². The van der Waals surface area contributed by atoms with Gasteiger partial charge in [-0.25, -0.2) is 9.97 Å². The van der Waals surface area contributed by atoms with Crippen molar-refractivity contribution in [1.29, 1.82) is 0 Å². The molecule has 6 heteroatoms. The van der Waals surface area contributed by atoms with E-state index in [9.17, 15) is 4.79 Å². The van der Waals surface area contributed by atoms with Crippen molar-refractivity contribution in [3.63, 3.8) is 0 Å². The Morgan fingerprint density at radius 3 is 2.90 bits per heavy atom. The van der Waals surface area contributed by atoms with E-state index in [-0.39, 0.29) is 11.9 Å². The molecule has 30 heavy (non-hydrogen) atoms. The summed E-state index contributed by atoms with van der Waals surface area (Å²) in [5.41, 5.74) is 12.3. The van der Waals surface area contributed by atoms with Gasteiger partial charge in [0, 0.05) is 46.8 Å². The summed E-state index contributed by atoms with van der Waals surface area (Å²) in [4.78, 5) is 21.1. The highest BCUT2D eigenvalue weighted by atomic mass is 16.1. The van der Waals surface area contributed by atoms with Gasteiger partial charge in [0.25, 0.3) is 5.91 Å². The minimum absolute atomic E-state index is 0.0561. The maximum Gasteiger partial charge on any atom is 0.251 e. The van der Waals surface area contributed by atoms with Crippen LogP contribution in [0.1, 0.15) is 46.9 Å². The molecule has 1 amide bonds. The number of carbonyl (C=O) groups excluding carboxylic acids is 1. The monoisotopic (exact) mass is 399 g/mol. The SMILES string of the molecule is CCn1c2c(c3cc(C(=O)NCc4ccc5nc(N)ncc5c4)ccc31)CCCC2. The van der Waals surface area contributed by atoms with E-state index in [0.29, 0.717) is 12.1 Å². The van der Waals surface area contributed by atoms with Crippen LogP contribution in [0, 0.1) is 0 Å². The maximum absolute atomic E-state index is 12.9. The summed E-state index contributed by atoms with van der Waals surface area (Å²) in [6, 6.07) is 11.9. The molecule has 2 aromatic carbocycles. The van der Waals surface area contributed by atoms with Gasteiger partial charge in [0.05, 0.1) is 5.52 Å². The molecule has 0 spiro atoms. The van der Waals surface area contributed by atoms with Gasteiger partial charge in [0.2, 0.25) is 5.95 Å². The molecule has 0 atom stereocenters. The second-order valence-electron chi connectivity index (χ2n) is 7.91. The Hall–Kier alpha value is -3.41. The normalized spacial score (nSPS) is 13.5. The van der Waals surface area contributed by atoms with Crippen molar-refractivity contribution in [2.24, 2.45) is 0 Å². The number of carbonyl (C=O) groups is 1. The number of benzene rings is 2. The number of aromatic nitrogens is 3. The van der Waals surface area contributed by atoms with Crippen LogP contribution in [0.2, 0.25) is 0 Å². The second-order valence-corrected chi connectivity index (χ2v) is 7.91. The molecule has 152 valence electrons. The Morgan fingerprint density at radius 2 is 2.03 bits per heavy atom. The van der Waals surface area contributed by atoms with Gasteiger partial charge in [-0.2, -0.15) is 0 Å². The van der Waals surface area contributed by atoms with Gasteiger partial charge in [0.15, 0.2) is 0 Å². The number of nitrogen functional groups attached to an aromatic ring is 1. The van der Waals surface area contributed by atoms with E-state index in [1.54, 1.807) is 6.20 Å². The average molecular weight is 399 g/mol. The quantitative estimate of drug-likeness (QED) is 0.543. The number of nitrogens with zero attached hydrogens (tertiary/aromatic N) is 3. The molecule has 0 fully saturated rings. The number of aryl methyl sites for hydroxylation is 2. The van der Waals surface area contributed by atoms with Crippen molar-refractivity contribution in [2.45, 2.75) is 45.7 Å². The molecular weight excluding hydrogens is 374 g/mol. The molecule has 2 heterocycles. The molecule has 6 nitrogen and oxygen atoms in total. The van der Waals surface area contributed by atoms with Gasteiger partial charge >= 0.3 is 0 Å². The molecule has 0 aliphatic heterocycles. The van der Waals surface area contributed by atoms with Crippen molar-refractivity contribution >= 4 is 33.7 Å². The van der Waals surface area contributed by atoms with Gasteiger partial charge in [-0.1, -0.05) is 6.07 Å². The third-order valence-corrected chi connectivity index (χ3v) is 6.07. The number of anilines is 1. The van der Waals surface area contributed by atoms with Crippen LogP contribution in [0.5, 0.6) is 0 Å². The second kappa shape index (κ2) is 7.44. The zero-order valence-electron chi connectivity index (χ0n) is 17.1. The Kier molecular flexibility index (Phi) is 4.62. The molecule has 1 aliphatic rings. The zero-order valence-corrected chi connectivity index (χ0v) is 17.1. The van der Waals surface area contributed by atoms with Crippen LogP contribution in [0.25, 0.3) is 21.8 Å². The number of amides is 1. The molecule has 0 unspecified atom stereocenters. The lowest BCUT2D eigenvalue weighted by Gasteiger charge is -2.14. The van der Waals surface area contributed by atoms with E-state index in [0.717, 1.165) is 35.9 Å². The first kappa shape index (κ1) is 18.6. The number of nitrogens with two attached hydrogens (primary N) is 1. The van der Waals surface area contributed by atoms with E-state index >= 15 is 0 Å². The molecular formula is C24H25N5O. The zero-order chi connectivity index (χ0) is 20.7. The van der Waals surface area contributed by atoms with Crippen LogP contribution < -0.4 is 11.1 Å². The highest BCUT2D eigenvalue weighted by molar-refractivity contribution is 5.99. The number of nitrogens with one attached hydrogen (secondary N) is 1. The summed E-state index contributed by atoms with van der Waals surface area (Å²) in [6.45, 7) is 3.61. The number of rotatable bonds is 4. The van der Waals surface area contributed by atoms with E-state index in [1.165, 1.54) is 35.0 Å². The lowest BCUT2D eigenvalue weighted by Crippen LogP contribution is -2.22. The fourth-order valence-corrected chi connectivity index (χ4v) is 4.63.